The Morgan fingerprint density at radius 2 is 1.89 bits per heavy atom. The molecule has 0 saturated carbocycles. The van der Waals surface area contributed by atoms with Gasteiger partial charge in [0.2, 0.25) is 0 Å². The molecule has 0 bridgehead atoms. The van der Waals surface area contributed by atoms with E-state index in [1.54, 1.807) is 4.90 Å². The summed E-state index contributed by atoms with van der Waals surface area (Å²) in [6.45, 7) is 13.0. The van der Waals surface area contributed by atoms with Gasteiger partial charge < -0.3 is 19.3 Å². The molecule has 154 valence electrons. The second kappa shape index (κ2) is 7.56. The van der Waals surface area contributed by atoms with E-state index in [4.69, 9.17) is 9.47 Å². The highest BCUT2D eigenvalue weighted by atomic mass is 16.6. The zero-order valence-corrected chi connectivity index (χ0v) is 17.6. The van der Waals surface area contributed by atoms with Crippen LogP contribution in [0.2, 0.25) is 0 Å². The van der Waals surface area contributed by atoms with Gasteiger partial charge in [0.25, 0.3) is 0 Å². The number of carbonyl (C=O) groups is 2. The number of piperazine rings is 1. The number of amides is 1. The van der Waals surface area contributed by atoms with E-state index in [1.165, 1.54) is 13.3 Å². The van der Waals surface area contributed by atoms with Crippen molar-refractivity contribution in [1.82, 2.24) is 14.9 Å². The lowest BCUT2D eigenvalue weighted by Gasteiger charge is -2.41. The average molecular weight is 390 g/mol. The molecule has 8 heteroatoms. The van der Waals surface area contributed by atoms with Crippen molar-refractivity contribution < 1.29 is 19.1 Å². The highest BCUT2D eigenvalue weighted by Gasteiger charge is 2.38. The third-order valence-electron chi connectivity index (χ3n) is 5.12. The number of carbonyl (C=O) groups excluding carboxylic acids is 2. The fourth-order valence-electron chi connectivity index (χ4n) is 3.98. The minimum atomic E-state index is -0.508. The minimum Gasteiger partial charge on any atom is -0.456 e. The maximum Gasteiger partial charge on any atom is 0.410 e. The Kier molecular flexibility index (Phi) is 5.50. The van der Waals surface area contributed by atoms with Crippen molar-refractivity contribution in [2.24, 2.45) is 0 Å². The van der Waals surface area contributed by atoms with Crippen molar-refractivity contribution in [3.8, 4) is 0 Å². The molecular weight excluding hydrogens is 360 g/mol. The number of rotatable bonds is 2. The number of anilines is 1. The van der Waals surface area contributed by atoms with Crippen LogP contribution in [0.3, 0.4) is 0 Å². The van der Waals surface area contributed by atoms with Gasteiger partial charge in [-0.3, -0.25) is 4.79 Å². The second-order valence-electron chi connectivity index (χ2n) is 8.70. The molecule has 28 heavy (non-hydrogen) atoms. The molecule has 1 aromatic rings. The van der Waals surface area contributed by atoms with Crippen LogP contribution in [0.15, 0.2) is 6.33 Å². The van der Waals surface area contributed by atoms with Gasteiger partial charge in [0, 0.05) is 38.2 Å². The van der Waals surface area contributed by atoms with Crippen LogP contribution in [0.25, 0.3) is 0 Å². The van der Waals surface area contributed by atoms with E-state index in [-0.39, 0.29) is 30.1 Å². The van der Waals surface area contributed by atoms with Crippen molar-refractivity contribution in [2.75, 3.05) is 24.5 Å². The molecule has 1 unspecified atom stereocenters. The Balaban J connectivity index is 1.78. The van der Waals surface area contributed by atoms with E-state index in [1.807, 2.05) is 20.8 Å². The van der Waals surface area contributed by atoms with Gasteiger partial charge in [-0.2, -0.15) is 0 Å². The standard InChI is InChI=1S/C20H30N4O4/c1-12-9-15(27-14(3)25)17-16(12)18(22-11-21-17)24-8-7-23(10-13(24)2)19(26)28-20(4,5)6/h11-13,15H,7-10H2,1-6H3/t12-,13+,15?/m1/s1. The Labute approximate surface area is 166 Å². The molecule has 2 aliphatic rings. The Morgan fingerprint density at radius 1 is 1.18 bits per heavy atom. The minimum absolute atomic E-state index is 0.0836. The van der Waals surface area contributed by atoms with Crippen molar-refractivity contribution in [1.29, 1.82) is 0 Å². The first-order valence-corrected chi connectivity index (χ1v) is 9.83. The van der Waals surface area contributed by atoms with E-state index in [9.17, 15) is 9.59 Å². The van der Waals surface area contributed by atoms with Gasteiger partial charge in [0.1, 0.15) is 23.9 Å². The summed E-state index contributed by atoms with van der Waals surface area (Å²) in [6.07, 6.45) is 1.65. The SMILES string of the molecule is CC(=O)OC1C[C@@H](C)c2c1ncnc2N1CCN(C(=O)OC(C)(C)C)C[C@@H]1C. The maximum atomic E-state index is 12.4. The number of hydrogen-bond acceptors (Lipinski definition) is 7. The van der Waals surface area contributed by atoms with E-state index in [0.29, 0.717) is 26.1 Å². The summed E-state index contributed by atoms with van der Waals surface area (Å²) in [5.74, 6) is 0.777. The molecule has 1 saturated heterocycles. The van der Waals surface area contributed by atoms with Crippen molar-refractivity contribution >= 4 is 17.9 Å². The Bertz CT molecular complexity index is 761. The largest absolute Gasteiger partial charge is 0.456 e. The van der Waals surface area contributed by atoms with Gasteiger partial charge in [-0.1, -0.05) is 6.92 Å². The fraction of sp³-hybridized carbons (Fsp3) is 0.700. The quantitative estimate of drug-likeness (QED) is 0.718. The third kappa shape index (κ3) is 4.20. The summed E-state index contributed by atoms with van der Waals surface area (Å²) < 4.78 is 11.0. The summed E-state index contributed by atoms with van der Waals surface area (Å²) in [4.78, 5) is 36.8. The monoisotopic (exact) mass is 390 g/mol. The molecule has 0 spiro atoms. The van der Waals surface area contributed by atoms with Crippen LogP contribution < -0.4 is 4.90 Å². The average Bonchev–Trinajstić information content (AvgIpc) is 2.89. The van der Waals surface area contributed by atoms with Crippen LogP contribution in [0.5, 0.6) is 0 Å². The van der Waals surface area contributed by atoms with Crippen LogP contribution in [-0.4, -0.2) is 58.2 Å². The lowest BCUT2D eigenvalue weighted by molar-refractivity contribution is -0.146. The number of fused-ring (bicyclic) bond motifs is 1. The molecule has 0 N–H and O–H groups in total. The smallest absolute Gasteiger partial charge is 0.410 e. The summed E-state index contributed by atoms with van der Waals surface area (Å²) in [5, 5.41) is 0. The Hall–Kier alpha value is -2.38. The Morgan fingerprint density at radius 3 is 2.50 bits per heavy atom. The molecule has 0 aromatic carbocycles. The maximum absolute atomic E-state index is 12.4. The molecule has 8 nitrogen and oxygen atoms in total. The zero-order chi connectivity index (χ0) is 20.6. The molecule has 1 amide bonds. The zero-order valence-electron chi connectivity index (χ0n) is 17.6. The van der Waals surface area contributed by atoms with E-state index >= 15 is 0 Å². The molecule has 0 radical (unpaired) electrons. The first kappa shape index (κ1) is 20.4. The van der Waals surface area contributed by atoms with E-state index in [2.05, 4.69) is 28.7 Å². The molecule has 3 atom stereocenters. The summed E-state index contributed by atoms with van der Waals surface area (Å²) in [6, 6.07) is 0.0836. The van der Waals surface area contributed by atoms with E-state index < -0.39 is 5.60 Å². The molecule has 3 rings (SSSR count). The number of ether oxygens (including phenoxy) is 2. The third-order valence-corrected chi connectivity index (χ3v) is 5.12. The first-order chi connectivity index (χ1) is 13.1. The van der Waals surface area contributed by atoms with Crippen molar-refractivity contribution in [3.05, 3.63) is 17.6 Å². The lowest BCUT2D eigenvalue weighted by atomic mass is 10.0. The van der Waals surface area contributed by atoms with Crippen molar-refractivity contribution in [3.63, 3.8) is 0 Å². The number of esters is 1. The van der Waals surface area contributed by atoms with Crippen LogP contribution in [0, 0.1) is 0 Å². The van der Waals surface area contributed by atoms with Gasteiger partial charge in [-0.05, 0) is 40.0 Å². The number of hydrogen-bond donors (Lipinski definition) is 0. The molecular formula is C20H30N4O4. The van der Waals surface area contributed by atoms with Crippen LogP contribution >= 0.6 is 0 Å². The van der Waals surface area contributed by atoms with Gasteiger partial charge in [-0.25, -0.2) is 14.8 Å². The molecule has 1 fully saturated rings. The van der Waals surface area contributed by atoms with Crippen LogP contribution in [0.1, 0.15) is 71.2 Å². The lowest BCUT2D eigenvalue weighted by Crippen LogP contribution is -2.55. The van der Waals surface area contributed by atoms with Crippen molar-refractivity contribution in [2.45, 2.75) is 71.6 Å². The topological polar surface area (TPSA) is 84.9 Å². The predicted octanol–water partition coefficient (Wildman–Crippen LogP) is 3.03. The second-order valence-corrected chi connectivity index (χ2v) is 8.70. The highest BCUT2D eigenvalue weighted by Crippen LogP contribution is 2.45. The predicted molar refractivity (Wildman–Crippen MR) is 104 cm³/mol. The molecule has 1 aromatic heterocycles. The molecule has 1 aliphatic heterocycles. The van der Waals surface area contributed by atoms with E-state index in [0.717, 1.165) is 17.1 Å². The number of aromatic nitrogens is 2. The summed E-state index contributed by atoms with van der Waals surface area (Å²) in [5.41, 5.74) is 1.34. The molecule has 1 aliphatic carbocycles. The van der Waals surface area contributed by atoms with Crippen LogP contribution in [0.4, 0.5) is 10.6 Å². The normalized spacial score (nSPS) is 24.7. The first-order valence-electron chi connectivity index (χ1n) is 9.83. The summed E-state index contributed by atoms with van der Waals surface area (Å²) in [7, 11) is 0. The van der Waals surface area contributed by atoms with Crippen LogP contribution in [-0.2, 0) is 14.3 Å². The van der Waals surface area contributed by atoms with Gasteiger partial charge in [0.05, 0.1) is 5.69 Å². The summed E-state index contributed by atoms with van der Waals surface area (Å²) >= 11 is 0. The highest BCUT2D eigenvalue weighted by molar-refractivity contribution is 5.69. The fourth-order valence-corrected chi connectivity index (χ4v) is 3.98. The van der Waals surface area contributed by atoms with Gasteiger partial charge in [-0.15, -0.1) is 0 Å². The van der Waals surface area contributed by atoms with Gasteiger partial charge >= 0.3 is 12.1 Å². The molecule has 2 heterocycles. The van der Waals surface area contributed by atoms with Gasteiger partial charge in [0.15, 0.2) is 0 Å². The number of nitrogens with zero attached hydrogens (tertiary/aromatic N) is 4.